The van der Waals surface area contributed by atoms with Gasteiger partial charge in [0, 0.05) is 12.9 Å². The van der Waals surface area contributed by atoms with E-state index in [1.54, 1.807) is 6.08 Å². The van der Waals surface area contributed by atoms with Crippen molar-refractivity contribution in [3.63, 3.8) is 0 Å². The van der Waals surface area contributed by atoms with Crippen LogP contribution in [-0.4, -0.2) is 12.2 Å². The Hall–Kier alpha value is -1.74. The Morgan fingerprint density at radius 3 is 2.33 bits per heavy atom. The van der Waals surface area contributed by atoms with Gasteiger partial charge in [-0.1, -0.05) is 42.5 Å². The molecule has 0 bridgehead atoms. The third-order valence-electron chi connectivity index (χ3n) is 3.07. The first kappa shape index (κ1) is 15.6. The average molecular weight is 306 g/mol. The molecule has 0 heterocycles. The molecule has 0 spiro atoms. The maximum absolute atomic E-state index is 12.9. The fourth-order valence-electron chi connectivity index (χ4n) is 1.84. The minimum Gasteiger partial charge on any atom is -0.378 e. The van der Waals surface area contributed by atoms with Gasteiger partial charge >= 0.3 is 0 Å². The molecule has 0 aliphatic heterocycles. The van der Waals surface area contributed by atoms with Gasteiger partial charge in [0.05, 0.1) is 0 Å². The van der Waals surface area contributed by atoms with Crippen molar-refractivity contribution in [2.45, 2.75) is 5.85 Å². The summed E-state index contributed by atoms with van der Waals surface area (Å²) >= 11 is 0. The zero-order valence-electron chi connectivity index (χ0n) is 11.5. The minimum atomic E-state index is -3.44. The number of halogens is 1. The van der Waals surface area contributed by atoms with Gasteiger partial charge in [0.2, 0.25) is 0 Å². The molecule has 0 radical (unpaired) electrons. The van der Waals surface area contributed by atoms with Crippen molar-refractivity contribution in [3.05, 3.63) is 77.4 Å². The molecule has 0 fully saturated rings. The Bertz CT molecular complexity index is 653. The Morgan fingerprint density at radius 2 is 1.76 bits per heavy atom. The first-order chi connectivity index (χ1) is 10.0. The van der Waals surface area contributed by atoms with Gasteiger partial charge in [-0.2, -0.15) is 0 Å². The van der Waals surface area contributed by atoms with E-state index in [9.17, 15) is 14.1 Å². The lowest BCUT2D eigenvalue weighted by atomic mass is 10.2. The first-order valence-electron chi connectivity index (χ1n) is 6.38. The van der Waals surface area contributed by atoms with Crippen molar-refractivity contribution < 1.29 is 18.6 Å². The maximum Gasteiger partial charge on any atom is 0.256 e. The molecule has 0 saturated carbocycles. The molecule has 0 aromatic heterocycles. The van der Waals surface area contributed by atoms with Crippen LogP contribution in [0.15, 0.2) is 60.4 Å². The van der Waals surface area contributed by atoms with E-state index >= 15 is 0 Å². The Balaban J connectivity index is 2.26. The number of hydrogen-bond donors (Lipinski definition) is 1. The molecule has 0 unspecified atom stereocenters. The van der Waals surface area contributed by atoms with Crippen LogP contribution in [0.1, 0.15) is 17.0 Å². The Morgan fingerprint density at radius 1 is 1.14 bits per heavy atom. The van der Waals surface area contributed by atoms with E-state index in [1.807, 2.05) is 30.3 Å². The number of aliphatic hydroxyl groups excluding tert-OH is 1. The summed E-state index contributed by atoms with van der Waals surface area (Å²) in [6.45, 7) is 0. The van der Waals surface area contributed by atoms with Crippen LogP contribution in [0.3, 0.4) is 0 Å². The van der Waals surface area contributed by atoms with E-state index in [2.05, 4.69) is 0 Å². The number of hydrogen-bond acceptors (Lipinski definition) is 3. The van der Waals surface area contributed by atoms with Gasteiger partial charge < -0.3 is 9.63 Å². The fraction of sp³-hybridized carbons (Fsp3) is 0.125. The van der Waals surface area contributed by atoms with Gasteiger partial charge in [0.1, 0.15) is 5.82 Å². The summed E-state index contributed by atoms with van der Waals surface area (Å²) in [5, 5.41) is 10.2. The molecular formula is C16H16FO3P. The van der Waals surface area contributed by atoms with Crippen molar-refractivity contribution in [2.24, 2.45) is 0 Å². The van der Waals surface area contributed by atoms with E-state index in [-0.39, 0.29) is 0 Å². The van der Waals surface area contributed by atoms with Crippen molar-refractivity contribution >= 4 is 13.4 Å². The SMILES string of the molecule is CO[P@@](=O)(/C=C/c1ccccc1)[C@@H](O)c1ccc(F)cc1. The first-order valence-corrected chi connectivity index (χ1v) is 8.14. The average Bonchev–Trinajstić information content (AvgIpc) is 2.53. The van der Waals surface area contributed by atoms with Crippen LogP contribution >= 0.6 is 7.37 Å². The van der Waals surface area contributed by atoms with E-state index in [0.29, 0.717) is 5.56 Å². The molecule has 2 atom stereocenters. The number of aliphatic hydroxyl groups is 1. The van der Waals surface area contributed by atoms with Gasteiger partial charge in [-0.25, -0.2) is 4.39 Å². The second-order valence-corrected chi connectivity index (χ2v) is 6.92. The van der Waals surface area contributed by atoms with Gasteiger partial charge in [0.15, 0.2) is 5.85 Å². The van der Waals surface area contributed by atoms with E-state index in [1.165, 1.54) is 37.2 Å². The summed E-state index contributed by atoms with van der Waals surface area (Å²) in [4.78, 5) is 0. The summed E-state index contributed by atoms with van der Waals surface area (Å²) in [5.74, 6) is -0.378. The molecule has 2 aromatic carbocycles. The highest BCUT2D eigenvalue weighted by molar-refractivity contribution is 7.62. The molecule has 21 heavy (non-hydrogen) atoms. The van der Waals surface area contributed by atoms with E-state index in [0.717, 1.165) is 5.56 Å². The molecule has 0 aliphatic carbocycles. The monoisotopic (exact) mass is 306 g/mol. The third kappa shape index (κ3) is 3.88. The predicted octanol–water partition coefficient (Wildman–Crippen LogP) is 4.41. The summed E-state index contributed by atoms with van der Waals surface area (Å²) in [5.41, 5.74) is 1.19. The van der Waals surface area contributed by atoms with Gasteiger partial charge in [-0.15, -0.1) is 0 Å². The van der Waals surface area contributed by atoms with E-state index < -0.39 is 19.0 Å². The summed E-state index contributed by atoms with van der Waals surface area (Å²) in [6, 6.07) is 14.5. The van der Waals surface area contributed by atoms with Crippen molar-refractivity contribution in [1.29, 1.82) is 0 Å². The Kier molecular flexibility index (Phi) is 5.07. The molecule has 110 valence electrons. The van der Waals surface area contributed by atoms with Crippen LogP contribution in [0.2, 0.25) is 0 Å². The standard InChI is InChI=1S/C16H16FO3P/c1-20-21(19,12-11-13-5-3-2-4-6-13)16(18)14-7-9-15(17)10-8-14/h2-12,16,18H,1H3/b12-11+/t16-,21+/m1/s1. The normalized spacial score (nSPS) is 15.8. The number of rotatable bonds is 5. The van der Waals surface area contributed by atoms with Gasteiger partial charge in [-0.3, -0.25) is 4.57 Å². The number of benzene rings is 2. The maximum atomic E-state index is 12.9. The molecule has 2 rings (SSSR count). The van der Waals surface area contributed by atoms with Crippen LogP contribution in [0.4, 0.5) is 4.39 Å². The van der Waals surface area contributed by atoms with Crippen molar-refractivity contribution in [3.8, 4) is 0 Å². The van der Waals surface area contributed by atoms with Crippen LogP contribution < -0.4 is 0 Å². The second kappa shape index (κ2) is 6.81. The molecule has 1 N–H and O–H groups in total. The molecule has 3 nitrogen and oxygen atoms in total. The third-order valence-corrected chi connectivity index (χ3v) is 5.18. The lowest BCUT2D eigenvalue weighted by Gasteiger charge is -2.19. The zero-order chi connectivity index (χ0) is 15.3. The summed E-state index contributed by atoms with van der Waals surface area (Å²) in [7, 11) is -2.16. The largest absolute Gasteiger partial charge is 0.378 e. The highest BCUT2D eigenvalue weighted by atomic mass is 31.2. The molecule has 5 heteroatoms. The molecule has 0 aliphatic rings. The molecule has 0 amide bonds. The minimum absolute atomic E-state index is 0.347. The highest BCUT2D eigenvalue weighted by Gasteiger charge is 2.30. The lowest BCUT2D eigenvalue weighted by molar-refractivity contribution is 0.228. The highest BCUT2D eigenvalue weighted by Crippen LogP contribution is 2.59. The topological polar surface area (TPSA) is 46.5 Å². The quantitative estimate of drug-likeness (QED) is 0.832. The van der Waals surface area contributed by atoms with Crippen LogP contribution in [0.25, 0.3) is 6.08 Å². The van der Waals surface area contributed by atoms with Crippen LogP contribution in [0, 0.1) is 5.82 Å². The second-order valence-electron chi connectivity index (χ2n) is 4.48. The van der Waals surface area contributed by atoms with Crippen molar-refractivity contribution in [2.75, 3.05) is 7.11 Å². The van der Waals surface area contributed by atoms with Crippen molar-refractivity contribution in [1.82, 2.24) is 0 Å². The fourth-order valence-corrected chi connectivity index (χ4v) is 3.29. The predicted molar refractivity (Wildman–Crippen MR) is 81.5 cm³/mol. The summed E-state index contributed by atoms with van der Waals surface area (Å²) in [6.07, 6.45) is 1.64. The van der Waals surface area contributed by atoms with Gasteiger partial charge in [0.25, 0.3) is 7.37 Å². The lowest BCUT2D eigenvalue weighted by Crippen LogP contribution is -1.99. The Labute approximate surface area is 123 Å². The summed E-state index contributed by atoms with van der Waals surface area (Å²) < 4.78 is 30.6. The zero-order valence-corrected chi connectivity index (χ0v) is 12.4. The van der Waals surface area contributed by atoms with E-state index in [4.69, 9.17) is 4.52 Å². The molecular weight excluding hydrogens is 290 g/mol. The van der Waals surface area contributed by atoms with Gasteiger partial charge in [-0.05, 0) is 29.3 Å². The smallest absolute Gasteiger partial charge is 0.256 e. The molecule has 0 saturated heterocycles. The van der Waals surface area contributed by atoms with Crippen LogP contribution in [-0.2, 0) is 9.09 Å². The molecule has 2 aromatic rings. The van der Waals surface area contributed by atoms with Crippen LogP contribution in [0.5, 0.6) is 0 Å².